The number of hydrogen-bond acceptors (Lipinski definition) is 4. The number of nitrogens with one attached hydrogen (secondary N) is 1. The molecule has 1 N–H and O–H groups in total. The van der Waals surface area contributed by atoms with Crippen molar-refractivity contribution in [2.45, 2.75) is 39.3 Å². The highest BCUT2D eigenvalue weighted by Gasteiger charge is 2.27. The Balaban J connectivity index is 1.88. The maximum atomic E-state index is 12.3. The molecule has 1 heterocycles. The van der Waals surface area contributed by atoms with Crippen LogP contribution in [0.1, 0.15) is 27.7 Å². The molecule has 0 aliphatic carbocycles. The molecule has 1 aromatic rings. The summed E-state index contributed by atoms with van der Waals surface area (Å²) in [7, 11) is 1.68. The first kappa shape index (κ1) is 17.6. The molecule has 0 aromatic heterocycles. The minimum Gasteiger partial charge on any atom is -0.497 e. The van der Waals surface area contributed by atoms with Crippen molar-refractivity contribution in [3.8, 4) is 5.75 Å². The fourth-order valence-electron chi connectivity index (χ4n) is 2.80. The number of anilines is 1. The fraction of sp³-hybridized carbons (Fsp3) is 0.611. The normalized spacial score (nSPS) is 17.7. The summed E-state index contributed by atoms with van der Waals surface area (Å²) in [5, 5.41) is 3.06. The van der Waals surface area contributed by atoms with Crippen LogP contribution in [0.4, 0.5) is 5.69 Å². The molecule has 1 saturated heterocycles. The van der Waals surface area contributed by atoms with E-state index in [0.717, 1.165) is 31.9 Å². The second kappa shape index (κ2) is 7.21. The van der Waals surface area contributed by atoms with Gasteiger partial charge in [0.1, 0.15) is 5.75 Å². The highest BCUT2D eigenvalue weighted by atomic mass is 16.5. The number of rotatable bonds is 4. The van der Waals surface area contributed by atoms with E-state index in [9.17, 15) is 4.79 Å². The van der Waals surface area contributed by atoms with Crippen LogP contribution < -0.4 is 15.0 Å². The number of nitrogens with zero attached hydrogens (tertiary/aromatic N) is 2. The number of amides is 1. The van der Waals surface area contributed by atoms with Crippen molar-refractivity contribution in [3.05, 3.63) is 24.3 Å². The Morgan fingerprint density at radius 3 is 2.17 bits per heavy atom. The Bertz CT molecular complexity index is 514. The fourth-order valence-corrected chi connectivity index (χ4v) is 2.80. The van der Waals surface area contributed by atoms with Crippen LogP contribution in [-0.2, 0) is 4.79 Å². The lowest BCUT2D eigenvalue weighted by atomic mass is 10.1. The van der Waals surface area contributed by atoms with Crippen molar-refractivity contribution in [1.82, 2.24) is 10.2 Å². The molecule has 1 aliphatic rings. The van der Waals surface area contributed by atoms with E-state index in [2.05, 4.69) is 27.2 Å². The van der Waals surface area contributed by atoms with Crippen molar-refractivity contribution in [1.29, 1.82) is 0 Å². The Hall–Kier alpha value is -1.75. The lowest BCUT2D eigenvalue weighted by Crippen LogP contribution is -2.56. The Labute approximate surface area is 139 Å². The zero-order valence-corrected chi connectivity index (χ0v) is 14.9. The van der Waals surface area contributed by atoms with Gasteiger partial charge in [-0.25, -0.2) is 0 Å². The van der Waals surface area contributed by atoms with Crippen LogP contribution in [0, 0.1) is 0 Å². The third-order valence-electron chi connectivity index (χ3n) is 4.18. The number of hydrogen-bond donors (Lipinski definition) is 1. The first-order valence-corrected chi connectivity index (χ1v) is 8.25. The van der Waals surface area contributed by atoms with Gasteiger partial charge in [-0.1, -0.05) is 0 Å². The van der Waals surface area contributed by atoms with E-state index in [1.165, 1.54) is 5.69 Å². The molecular weight excluding hydrogens is 290 g/mol. The summed E-state index contributed by atoms with van der Waals surface area (Å²) in [4.78, 5) is 16.9. The molecule has 2 rings (SSSR count). The van der Waals surface area contributed by atoms with E-state index in [-0.39, 0.29) is 17.5 Å². The third-order valence-corrected chi connectivity index (χ3v) is 4.18. The van der Waals surface area contributed by atoms with Gasteiger partial charge in [-0.15, -0.1) is 0 Å². The maximum Gasteiger partial charge on any atom is 0.237 e. The molecule has 1 amide bonds. The SMILES string of the molecule is COc1ccc(N2CCN([C@@H](C)C(=O)NC(C)(C)C)CC2)cc1. The molecule has 0 bridgehead atoms. The molecule has 0 radical (unpaired) electrons. The van der Waals surface area contributed by atoms with E-state index in [1.54, 1.807) is 7.11 Å². The highest BCUT2D eigenvalue weighted by molar-refractivity contribution is 5.82. The van der Waals surface area contributed by atoms with Crippen molar-refractivity contribution in [2.75, 3.05) is 38.2 Å². The van der Waals surface area contributed by atoms with Crippen LogP contribution in [0.3, 0.4) is 0 Å². The lowest BCUT2D eigenvalue weighted by Gasteiger charge is -2.39. The predicted molar refractivity (Wildman–Crippen MR) is 94.1 cm³/mol. The molecule has 128 valence electrons. The smallest absolute Gasteiger partial charge is 0.237 e. The Morgan fingerprint density at radius 2 is 1.70 bits per heavy atom. The second-order valence-electron chi connectivity index (χ2n) is 7.14. The van der Waals surface area contributed by atoms with Crippen molar-refractivity contribution in [2.24, 2.45) is 0 Å². The number of carbonyl (C=O) groups is 1. The van der Waals surface area contributed by atoms with E-state index < -0.39 is 0 Å². The van der Waals surface area contributed by atoms with E-state index in [0.29, 0.717) is 0 Å². The molecule has 0 unspecified atom stereocenters. The minimum atomic E-state index is -0.184. The van der Waals surface area contributed by atoms with E-state index in [1.807, 2.05) is 39.8 Å². The zero-order chi connectivity index (χ0) is 17.0. The molecule has 1 aromatic carbocycles. The van der Waals surface area contributed by atoms with Crippen LogP contribution in [0.15, 0.2) is 24.3 Å². The Kier molecular flexibility index (Phi) is 5.52. The monoisotopic (exact) mass is 319 g/mol. The van der Waals surface area contributed by atoms with Crippen LogP contribution >= 0.6 is 0 Å². The summed E-state index contributed by atoms with van der Waals surface area (Å²) >= 11 is 0. The van der Waals surface area contributed by atoms with Gasteiger partial charge in [0.2, 0.25) is 5.91 Å². The Morgan fingerprint density at radius 1 is 1.13 bits per heavy atom. The summed E-state index contributed by atoms with van der Waals surface area (Å²) in [5.41, 5.74) is 1.02. The van der Waals surface area contributed by atoms with Crippen molar-refractivity contribution in [3.63, 3.8) is 0 Å². The second-order valence-corrected chi connectivity index (χ2v) is 7.14. The molecule has 1 aliphatic heterocycles. The number of methoxy groups -OCH3 is 1. The number of piperazine rings is 1. The van der Waals surface area contributed by atoms with Gasteiger partial charge >= 0.3 is 0 Å². The standard InChI is InChI=1S/C18H29N3O2/c1-14(17(22)19-18(2,3)4)20-10-12-21(13-11-20)15-6-8-16(23-5)9-7-15/h6-9,14H,10-13H2,1-5H3,(H,19,22)/t14-/m0/s1. The molecular formula is C18H29N3O2. The number of benzene rings is 1. The molecule has 23 heavy (non-hydrogen) atoms. The van der Waals surface area contributed by atoms with Crippen molar-refractivity contribution >= 4 is 11.6 Å². The number of ether oxygens (including phenoxy) is 1. The molecule has 0 saturated carbocycles. The lowest BCUT2D eigenvalue weighted by molar-refractivity contribution is -0.127. The maximum absolute atomic E-state index is 12.3. The molecule has 0 spiro atoms. The topological polar surface area (TPSA) is 44.8 Å². The quantitative estimate of drug-likeness (QED) is 0.923. The summed E-state index contributed by atoms with van der Waals surface area (Å²) in [6, 6.07) is 8.06. The highest BCUT2D eigenvalue weighted by Crippen LogP contribution is 2.21. The summed E-state index contributed by atoms with van der Waals surface area (Å²) in [5.74, 6) is 0.982. The van der Waals surface area contributed by atoms with Gasteiger partial charge < -0.3 is 15.0 Å². The molecule has 1 fully saturated rings. The third kappa shape index (κ3) is 4.86. The van der Waals surface area contributed by atoms with Crippen molar-refractivity contribution < 1.29 is 9.53 Å². The largest absolute Gasteiger partial charge is 0.497 e. The number of carbonyl (C=O) groups excluding carboxylic acids is 1. The van der Waals surface area contributed by atoms with Gasteiger partial charge in [0.05, 0.1) is 13.2 Å². The van der Waals surface area contributed by atoms with E-state index >= 15 is 0 Å². The zero-order valence-electron chi connectivity index (χ0n) is 14.9. The van der Waals surface area contributed by atoms with Crippen LogP contribution in [0.5, 0.6) is 5.75 Å². The van der Waals surface area contributed by atoms with E-state index in [4.69, 9.17) is 4.74 Å². The van der Waals surface area contributed by atoms with Crippen LogP contribution in [-0.4, -0.2) is 55.7 Å². The van der Waals surface area contributed by atoms with Gasteiger partial charge in [-0.05, 0) is 52.0 Å². The summed E-state index contributed by atoms with van der Waals surface area (Å²) < 4.78 is 5.20. The van der Waals surface area contributed by atoms with Crippen LogP contribution in [0.25, 0.3) is 0 Å². The molecule has 5 heteroatoms. The van der Waals surface area contributed by atoms with Crippen LogP contribution in [0.2, 0.25) is 0 Å². The van der Waals surface area contributed by atoms with Gasteiger partial charge in [-0.3, -0.25) is 9.69 Å². The molecule has 5 nitrogen and oxygen atoms in total. The minimum absolute atomic E-state index is 0.0905. The van der Waals surface area contributed by atoms with Gasteiger partial charge in [-0.2, -0.15) is 0 Å². The first-order valence-electron chi connectivity index (χ1n) is 8.25. The predicted octanol–water partition coefficient (Wildman–Crippen LogP) is 2.12. The average Bonchev–Trinajstić information content (AvgIpc) is 2.53. The molecule has 1 atom stereocenters. The summed E-state index contributed by atoms with van der Waals surface area (Å²) in [6.45, 7) is 11.7. The summed E-state index contributed by atoms with van der Waals surface area (Å²) in [6.07, 6.45) is 0. The van der Waals surface area contributed by atoms with Gasteiger partial charge in [0, 0.05) is 37.4 Å². The first-order chi connectivity index (χ1) is 10.8. The van der Waals surface area contributed by atoms with Gasteiger partial charge in [0.25, 0.3) is 0 Å². The van der Waals surface area contributed by atoms with Gasteiger partial charge in [0.15, 0.2) is 0 Å². The average molecular weight is 319 g/mol.